The minimum absolute atomic E-state index is 0.0672. The van der Waals surface area contributed by atoms with Crippen LogP contribution < -0.4 is 5.32 Å². The molecule has 2 heterocycles. The molecule has 7 heteroatoms. The second kappa shape index (κ2) is 7.63. The largest absolute Gasteiger partial charge is 0.344 e. The predicted octanol–water partition coefficient (Wildman–Crippen LogP) is 3.35. The van der Waals surface area contributed by atoms with Crippen molar-refractivity contribution < 1.29 is 4.79 Å². The Hall–Kier alpha value is -2.12. The highest BCUT2D eigenvalue weighted by molar-refractivity contribution is 7.98. The maximum atomic E-state index is 12.3. The molecule has 1 aromatic carbocycles. The van der Waals surface area contributed by atoms with Gasteiger partial charge >= 0.3 is 0 Å². The Morgan fingerprint density at radius 1 is 1.25 bits per heavy atom. The summed E-state index contributed by atoms with van der Waals surface area (Å²) in [7, 11) is 0. The fourth-order valence-electron chi connectivity index (χ4n) is 2.37. The van der Waals surface area contributed by atoms with Crippen LogP contribution in [0.25, 0.3) is 0 Å². The van der Waals surface area contributed by atoms with E-state index >= 15 is 0 Å². The molecule has 3 rings (SSSR count). The third kappa shape index (κ3) is 3.68. The molecule has 0 aliphatic heterocycles. The van der Waals surface area contributed by atoms with Gasteiger partial charge in [0, 0.05) is 0 Å². The molecule has 0 saturated heterocycles. The summed E-state index contributed by atoms with van der Waals surface area (Å²) in [5.41, 5.74) is 2.17. The van der Waals surface area contributed by atoms with E-state index in [0.29, 0.717) is 13.1 Å². The second-order valence-corrected chi connectivity index (χ2v) is 6.98. The van der Waals surface area contributed by atoms with Crippen molar-refractivity contribution in [1.82, 2.24) is 20.1 Å². The third-order valence-corrected chi connectivity index (χ3v) is 5.32. The first-order chi connectivity index (χ1) is 11.7. The molecule has 0 aliphatic carbocycles. The lowest BCUT2D eigenvalue weighted by Gasteiger charge is -2.10. The minimum Gasteiger partial charge on any atom is -0.344 e. The SMILES string of the molecule is CSc1nnc(CNC(=O)c2sccc2C)n1Cc1ccccc1. The van der Waals surface area contributed by atoms with Crippen molar-refractivity contribution in [2.24, 2.45) is 0 Å². The number of thioether (sulfide) groups is 1. The van der Waals surface area contributed by atoms with Crippen LogP contribution in [0.1, 0.15) is 26.6 Å². The quantitative estimate of drug-likeness (QED) is 0.687. The standard InChI is InChI=1S/C17H18N4OS2/c1-12-8-9-24-15(12)16(22)18-10-14-19-20-17(23-2)21(14)11-13-6-4-3-5-7-13/h3-9H,10-11H2,1-2H3,(H,18,22). The lowest BCUT2D eigenvalue weighted by molar-refractivity contribution is 0.0953. The van der Waals surface area contributed by atoms with Gasteiger partial charge in [-0.05, 0) is 35.8 Å². The number of aryl methyl sites for hydroxylation is 1. The van der Waals surface area contributed by atoms with Crippen molar-refractivity contribution in [3.05, 3.63) is 63.6 Å². The van der Waals surface area contributed by atoms with Crippen LogP contribution >= 0.6 is 23.1 Å². The second-order valence-electron chi connectivity index (χ2n) is 5.29. The van der Waals surface area contributed by atoms with Crippen molar-refractivity contribution >= 4 is 29.0 Å². The fraction of sp³-hybridized carbons (Fsp3) is 0.235. The highest BCUT2D eigenvalue weighted by Crippen LogP contribution is 2.17. The van der Waals surface area contributed by atoms with E-state index in [-0.39, 0.29) is 5.91 Å². The molecule has 0 spiro atoms. The van der Waals surface area contributed by atoms with E-state index in [0.717, 1.165) is 21.4 Å². The number of hydrogen-bond donors (Lipinski definition) is 1. The zero-order chi connectivity index (χ0) is 16.9. The van der Waals surface area contributed by atoms with Gasteiger partial charge in [0.2, 0.25) is 0 Å². The molecule has 0 atom stereocenters. The first-order valence-electron chi connectivity index (χ1n) is 7.51. The predicted molar refractivity (Wildman–Crippen MR) is 97.6 cm³/mol. The van der Waals surface area contributed by atoms with Crippen molar-refractivity contribution in [1.29, 1.82) is 0 Å². The molecule has 3 aromatic rings. The molecule has 0 saturated carbocycles. The summed E-state index contributed by atoms with van der Waals surface area (Å²) in [6, 6.07) is 12.1. The van der Waals surface area contributed by atoms with Crippen molar-refractivity contribution in [2.45, 2.75) is 25.2 Å². The van der Waals surface area contributed by atoms with E-state index in [2.05, 4.69) is 27.6 Å². The Labute approximate surface area is 149 Å². The Morgan fingerprint density at radius 2 is 2.04 bits per heavy atom. The Morgan fingerprint density at radius 3 is 2.71 bits per heavy atom. The minimum atomic E-state index is -0.0672. The molecular weight excluding hydrogens is 340 g/mol. The normalized spacial score (nSPS) is 10.8. The van der Waals surface area contributed by atoms with Crippen LogP contribution in [0.15, 0.2) is 46.9 Å². The molecule has 0 fully saturated rings. The number of carbonyl (C=O) groups is 1. The van der Waals surface area contributed by atoms with Gasteiger partial charge in [-0.2, -0.15) is 0 Å². The van der Waals surface area contributed by atoms with Gasteiger partial charge in [-0.15, -0.1) is 21.5 Å². The molecule has 1 amide bonds. The monoisotopic (exact) mass is 358 g/mol. The van der Waals surface area contributed by atoms with Crippen LogP contribution in [-0.2, 0) is 13.1 Å². The van der Waals surface area contributed by atoms with Gasteiger partial charge in [0.1, 0.15) is 0 Å². The summed E-state index contributed by atoms with van der Waals surface area (Å²) in [4.78, 5) is 13.0. The zero-order valence-corrected chi connectivity index (χ0v) is 15.2. The van der Waals surface area contributed by atoms with E-state index in [9.17, 15) is 4.79 Å². The molecule has 124 valence electrons. The Bertz CT molecular complexity index is 826. The fourth-order valence-corrected chi connectivity index (χ4v) is 3.72. The van der Waals surface area contributed by atoms with Crippen molar-refractivity contribution in [3.8, 4) is 0 Å². The molecule has 24 heavy (non-hydrogen) atoms. The van der Waals surface area contributed by atoms with E-state index in [4.69, 9.17) is 0 Å². The average molecular weight is 358 g/mol. The van der Waals surface area contributed by atoms with E-state index < -0.39 is 0 Å². The summed E-state index contributed by atoms with van der Waals surface area (Å²) in [6.07, 6.45) is 1.98. The number of hydrogen-bond acceptors (Lipinski definition) is 5. The molecule has 1 N–H and O–H groups in total. The number of nitrogens with one attached hydrogen (secondary N) is 1. The number of carbonyl (C=O) groups excluding carboxylic acids is 1. The number of benzene rings is 1. The third-order valence-electron chi connectivity index (χ3n) is 3.63. The highest BCUT2D eigenvalue weighted by atomic mass is 32.2. The van der Waals surface area contributed by atoms with Crippen molar-refractivity contribution in [2.75, 3.05) is 6.26 Å². The molecule has 0 bridgehead atoms. The van der Waals surface area contributed by atoms with Gasteiger partial charge in [-0.3, -0.25) is 4.79 Å². The van der Waals surface area contributed by atoms with Gasteiger partial charge in [-0.25, -0.2) is 0 Å². The molecule has 0 aliphatic rings. The van der Waals surface area contributed by atoms with Crippen LogP contribution in [0.5, 0.6) is 0 Å². The highest BCUT2D eigenvalue weighted by Gasteiger charge is 2.15. The molecule has 0 unspecified atom stereocenters. The number of thiophene rings is 1. The zero-order valence-electron chi connectivity index (χ0n) is 13.5. The maximum absolute atomic E-state index is 12.3. The first-order valence-corrected chi connectivity index (χ1v) is 9.61. The van der Waals surface area contributed by atoms with Gasteiger partial charge in [0.25, 0.3) is 5.91 Å². The number of nitrogens with zero attached hydrogens (tertiary/aromatic N) is 3. The van der Waals surface area contributed by atoms with Crippen LogP contribution in [0.4, 0.5) is 0 Å². The average Bonchev–Trinajstić information content (AvgIpc) is 3.20. The maximum Gasteiger partial charge on any atom is 0.261 e. The van der Waals surface area contributed by atoms with E-state index in [1.54, 1.807) is 11.8 Å². The van der Waals surface area contributed by atoms with Crippen LogP contribution in [0, 0.1) is 6.92 Å². The molecule has 2 aromatic heterocycles. The molecule has 5 nitrogen and oxygen atoms in total. The van der Waals surface area contributed by atoms with Crippen molar-refractivity contribution in [3.63, 3.8) is 0 Å². The van der Waals surface area contributed by atoms with Gasteiger partial charge in [-0.1, -0.05) is 42.1 Å². The first kappa shape index (κ1) is 16.7. The summed E-state index contributed by atoms with van der Waals surface area (Å²) in [5, 5.41) is 14.2. The summed E-state index contributed by atoms with van der Waals surface area (Å²) in [6.45, 7) is 2.99. The summed E-state index contributed by atoms with van der Waals surface area (Å²) in [5.74, 6) is 0.688. The smallest absolute Gasteiger partial charge is 0.261 e. The van der Waals surface area contributed by atoms with E-state index in [1.165, 1.54) is 16.9 Å². The molecule has 0 radical (unpaired) electrons. The van der Waals surface area contributed by atoms with Gasteiger partial charge in [0.05, 0.1) is 18.0 Å². The summed E-state index contributed by atoms with van der Waals surface area (Å²) >= 11 is 3.00. The van der Waals surface area contributed by atoms with Crippen LogP contribution in [-0.4, -0.2) is 26.9 Å². The molecular formula is C17H18N4OS2. The van der Waals surface area contributed by atoms with Crippen LogP contribution in [0.3, 0.4) is 0 Å². The number of aromatic nitrogens is 3. The Balaban J connectivity index is 1.75. The lowest BCUT2D eigenvalue weighted by atomic mass is 10.2. The topological polar surface area (TPSA) is 59.8 Å². The van der Waals surface area contributed by atoms with E-state index in [1.807, 2.05) is 47.4 Å². The van der Waals surface area contributed by atoms with Gasteiger partial charge < -0.3 is 9.88 Å². The van der Waals surface area contributed by atoms with Crippen LogP contribution in [0.2, 0.25) is 0 Å². The number of amides is 1. The number of rotatable bonds is 6. The summed E-state index contributed by atoms with van der Waals surface area (Å²) < 4.78 is 2.04. The van der Waals surface area contributed by atoms with Gasteiger partial charge in [0.15, 0.2) is 11.0 Å². The Kier molecular flexibility index (Phi) is 5.32. The lowest BCUT2D eigenvalue weighted by Crippen LogP contribution is -2.24.